The number of fused-ring (bicyclic) bond motifs is 2. The summed E-state index contributed by atoms with van der Waals surface area (Å²) in [5, 5.41) is 14.0. The van der Waals surface area contributed by atoms with Crippen LogP contribution in [0.25, 0.3) is 11.4 Å². The van der Waals surface area contributed by atoms with Gasteiger partial charge < -0.3 is 24.5 Å². The van der Waals surface area contributed by atoms with Gasteiger partial charge in [-0.2, -0.15) is 13.2 Å². The Hall–Kier alpha value is -4.08. The highest BCUT2D eigenvalue weighted by molar-refractivity contribution is 6.32. The first-order valence-corrected chi connectivity index (χ1v) is 17.8. The summed E-state index contributed by atoms with van der Waals surface area (Å²) in [5.74, 6) is -1.16. The first-order chi connectivity index (χ1) is 24.4. The number of rotatable bonds is 7. The highest BCUT2D eigenvalue weighted by atomic mass is 35.5. The van der Waals surface area contributed by atoms with Crippen LogP contribution in [-0.4, -0.2) is 122 Å². The number of aromatic nitrogens is 3. The van der Waals surface area contributed by atoms with Crippen LogP contribution in [0.5, 0.6) is 5.75 Å². The van der Waals surface area contributed by atoms with Crippen molar-refractivity contribution in [2.45, 2.75) is 75.0 Å². The number of phenols is 1. The molecule has 1 aromatic heterocycles. The van der Waals surface area contributed by atoms with Gasteiger partial charge in [-0.25, -0.2) is 14.3 Å². The number of amides is 2. The standard InChI is InChI=1S/C35H41ClF3N7O5/c1-42-19-26-18-25(42)20-45(26)23-7-11-43(12-8-23)32(48)29(17-21-15-27(35(37,38)39)30(47)28(36)16-21)51-34(50)44-13-9-24(10-14-44)46-33(49)40-31(41-46)22-5-3-2-4-6-22/h2-6,15-16,23-26,29,47H,7-14,17-20H2,1H3,(H,40,41,49)/t25?,26?,29-/m1/s1. The van der Waals surface area contributed by atoms with Gasteiger partial charge >= 0.3 is 18.0 Å². The number of H-pyrrole nitrogens is 1. The van der Waals surface area contributed by atoms with Gasteiger partial charge in [0.2, 0.25) is 0 Å². The number of carbonyl (C=O) groups excluding carboxylic acids is 2. The third-order valence-electron chi connectivity index (χ3n) is 10.9. The molecule has 16 heteroatoms. The smallest absolute Gasteiger partial charge is 0.420 e. The molecule has 4 fully saturated rings. The molecule has 274 valence electrons. The van der Waals surface area contributed by atoms with E-state index in [4.69, 9.17) is 16.3 Å². The molecule has 4 aliphatic rings. The Morgan fingerprint density at radius 3 is 2.27 bits per heavy atom. The molecule has 7 rings (SSSR count). The third-order valence-corrected chi connectivity index (χ3v) is 11.2. The third kappa shape index (κ3) is 7.33. The van der Waals surface area contributed by atoms with E-state index < -0.39 is 40.6 Å². The van der Waals surface area contributed by atoms with Crippen molar-refractivity contribution in [3.63, 3.8) is 0 Å². The summed E-state index contributed by atoms with van der Waals surface area (Å²) in [6.45, 7) is 3.32. The molecule has 0 saturated carbocycles. The molecule has 5 heterocycles. The average Bonchev–Trinajstić information content (AvgIpc) is 3.83. The van der Waals surface area contributed by atoms with Crippen molar-refractivity contribution in [1.29, 1.82) is 0 Å². The van der Waals surface area contributed by atoms with Crippen LogP contribution in [0, 0.1) is 0 Å². The van der Waals surface area contributed by atoms with Gasteiger partial charge in [-0.1, -0.05) is 41.9 Å². The zero-order valence-corrected chi connectivity index (χ0v) is 28.9. The van der Waals surface area contributed by atoms with Crippen LogP contribution in [-0.2, 0) is 22.1 Å². The first kappa shape index (κ1) is 35.3. The second-order valence-corrected chi connectivity index (χ2v) is 14.5. The second kappa shape index (κ2) is 14.2. The molecule has 2 unspecified atom stereocenters. The summed E-state index contributed by atoms with van der Waals surface area (Å²) in [4.78, 5) is 51.1. The van der Waals surface area contributed by atoms with Crippen LogP contribution in [0.2, 0.25) is 5.02 Å². The number of aromatic hydroxyl groups is 1. The van der Waals surface area contributed by atoms with Crippen LogP contribution in [0.1, 0.15) is 49.3 Å². The van der Waals surface area contributed by atoms with E-state index in [1.807, 2.05) is 30.3 Å². The summed E-state index contributed by atoms with van der Waals surface area (Å²) >= 11 is 5.99. The summed E-state index contributed by atoms with van der Waals surface area (Å²) in [5.41, 5.74) is -0.934. The largest absolute Gasteiger partial charge is 0.506 e. The molecule has 4 saturated heterocycles. The van der Waals surface area contributed by atoms with Crippen molar-refractivity contribution >= 4 is 23.6 Å². The molecule has 2 amide bonds. The van der Waals surface area contributed by atoms with Crippen LogP contribution >= 0.6 is 11.6 Å². The summed E-state index contributed by atoms with van der Waals surface area (Å²) < 4.78 is 48.4. The van der Waals surface area contributed by atoms with Crippen molar-refractivity contribution < 1.29 is 32.6 Å². The number of carbonyl (C=O) groups is 2. The molecule has 51 heavy (non-hydrogen) atoms. The maximum atomic E-state index is 14.0. The number of hydrogen-bond donors (Lipinski definition) is 2. The fraction of sp³-hybridized carbons (Fsp3) is 0.543. The second-order valence-electron chi connectivity index (χ2n) is 14.1. The Morgan fingerprint density at radius 2 is 1.65 bits per heavy atom. The van der Waals surface area contributed by atoms with E-state index >= 15 is 0 Å². The minimum atomic E-state index is -4.89. The van der Waals surface area contributed by atoms with E-state index in [1.54, 1.807) is 4.90 Å². The molecule has 2 N–H and O–H groups in total. The number of benzene rings is 2. The van der Waals surface area contributed by atoms with Crippen molar-refractivity contribution in [2.24, 2.45) is 0 Å². The lowest BCUT2D eigenvalue weighted by molar-refractivity contribution is -0.142. The van der Waals surface area contributed by atoms with Crippen LogP contribution in [0.15, 0.2) is 47.3 Å². The summed E-state index contributed by atoms with van der Waals surface area (Å²) in [6.07, 6.45) is -4.03. The summed E-state index contributed by atoms with van der Waals surface area (Å²) in [6, 6.07) is 12.2. The topological polar surface area (TPSA) is 127 Å². The Balaban J connectivity index is 1.03. The van der Waals surface area contributed by atoms with E-state index in [9.17, 15) is 32.7 Å². The number of ether oxygens (including phenoxy) is 1. The monoisotopic (exact) mass is 731 g/mol. The number of halogens is 4. The maximum absolute atomic E-state index is 14.0. The van der Waals surface area contributed by atoms with E-state index in [-0.39, 0.29) is 36.8 Å². The van der Waals surface area contributed by atoms with E-state index in [1.165, 1.54) is 9.58 Å². The Bertz CT molecular complexity index is 1800. The van der Waals surface area contributed by atoms with Gasteiger partial charge in [0.15, 0.2) is 11.9 Å². The molecule has 0 spiro atoms. The van der Waals surface area contributed by atoms with Gasteiger partial charge in [0.1, 0.15) is 5.75 Å². The fourth-order valence-corrected chi connectivity index (χ4v) is 8.39. The average molecular weight is 732 g/mol. The van der Waals surface area contributed by atoms with Gasteiger partial charge in [-0.05, 0) is 56.8 Å². The highest BCUT2D eigenvalue weighted by Gasteiger charge is 2.45. The molecule has 4 aliphatic heterocycles. The maximum Gasteiger partial charge on any atom is 0.420 e. The molecule has 0 aliphatic carbocycles. The molecule has 3 aromatic rings. The first-order valence-electron chi connectivity index (χ1n) is 17.4. The summed E-state index contributed by atoms with van der Waals surface area (Å²) in [7, 11) is 2.15. The highest BCUT2D eigenvalue weighted by Crippen LogP contribution is 2.41. The van der Waals surface area contributed by atoms with Crippen LogP contribution in [0.4, 0.5) is 18.0 Å². The van der Waals surface area contributed by atoms with E-state index in [0.717, 1.165) is 50.0 Å². The van der Waals surface area contributed by atoms with E-state index in [0.29, 0.717) is 49.9 Å². The van der Waals surface area contributed by atoms with Crippen molar-refractivity contribution in [1.82, 2.24) is 34.4 Å². The lowest BCUT2D eigenvalue weighted by Gasteiger charge is -2.42. The van der Waals surface area contributed by atoms with Crippen LogP contribution < -0.4 is 5.69 Å². The quantitative estimate of drug-likeness (QED) is 0.367. The van der Waals surface area contributed by atoms with Crippen LogP contribution in [0.3, 0.4) is 0 Å². The number of phenolic OH excluding ortho intramolecular Hbond substituents is 1. The van der Waals surface area contributed by atoms with Crippen molar-refractivity contribution in [3.8, 4) is 17.1 Å². The molecule has 3 atom stereocenters. The molecule has 2 aromatic carbocycles. The zero-order chi connectivity index (χ0) is 36.0. The molecule has 12 nitrogen and oxygen atoms in total. The number of likely N-dealkylation sites (tertiary alicyclic amines) is 4. The number of nitrogens with zero attached hydrogens (tertiary/aromatic N) is 6. The predicted molar refractivity (Wildman–Crippen MR) is 181 cm³/mol. The predicted octanol–water partition coefficient (Wildman–Crippen LogP) is 4.38. The molecule has 0 radical (unpaired) electrons. The van der Waals surface area contributed by atoms with Gasteiger partial charge in [0, 0.05) is 69.4 Å². The van der Waals surface area contributed by atoms with E-state index in [2.05, 4.69) is 26.9 Å². The number of hydrogen-bond acceptors (Lipinski definition) is 8. The Morgan fingerprint density at radius 1 is 0.980 bits per heavy atom. The number of aromatic amines is 1. The minimum Gasteiger partial charge on any atom is -0.506 e. The number of nitrogens with one attached hydrogen (secondary N) is 1. The number of likely N-dealkylation sites (N-methyl/N-ethyl adjacent to an activating group) is 1. The normalized spacial score (nSPS) is 22.8. The molecular formula is C35H41ClF3N7O5. The van der Waals surface area contributed by atoms with Gasteiger partial charge in [0.05, 0.1) is 16.6 Å². The lowest BCUT2D eigenvalue weighted by atomic mass is 9.99. The van der Waals surface area contributed by atoms with Gasteiger partial charge in [-0.3, -0.25) is 14.7 Å². The number of piperidine rings is 2. The lowest BCUT2D eigenvalue weighted by Crippen LogP contribution is -2.54. The number of piperazine rings is 1. The SMILES string of the molecule is CN1CC2CC1CN2C1CCN(C(=O)[C@@H](Cc2cc(Cl)c(O)c(C(F)(F)F)c2)OC(=O)N2CCC(n3nc(-c4ccccc4)[nH]c3=O)CC2)CC1. The zero-order valence-electron chi connectivity index (χ0n) is 28.2. The van der Waals surface area contributed by atoms with Crippen molar-refractivity contribution in [2.75, 3.05) is 46.3 Å². The number of alkyl halides is 3. The Labute approximate surface area is 297 Å². The molecular weight excluding hydrogens is 691 g/mol. The van der Waals surface area contributed by atoms with Gasteiger partial charge in [-0.15, -0.1) is 5.10 Å². The Kier molecular flexibility index (Phi) is 9.80. The minimum absolute atomic E-state index is 0.00536. The van der Waals surface area contributed by atoms with Gasteiger partial charge in [0.25, 0.3) is 5.91 Å². The fourth-order valence-electron chi connectivity index (χ4n) is 8.15. The van der Waals surface area contributed by atoms with Crippen molar-refractivity contribution in [3.05, 3.63) is 69.1 Å². The molecule has 2 bridgehead atoms.